The first-order chi connectivity index (χ1) is 12.6. The molecule has 0 aromatic heterocycles. The summed E-state index contributed by atoms with van der Waals surface area (Å²) < 4.78 is 0. The fraction of sp³-hybridized carbons (Fsp3) is 0.375. The summed E-state index contributed by atoms with van der Waals surface area (Å²) in [5.41, 5.74) is 6.08. The van der Waals surface area contributed by atoms with Crippen LogP contribution in [0.1, 0.15) is 78.7 Å². The summed E-state index contributed by atoms with van der Waals surface area (Å²) in [5.74, 6) is -0.923. The third-order valence-electron chi connectivity index (χ3n) is 5.90. The zero-order valence-corrected chi connectivity index (χ0v) is 16.5. The number of carboxylic acids is 1. The van der Waals surface area contributed by atoms with Crippen molar-refractivity contribution >= 4 is 18.1 Å². The topological polar surface area (TPSA) is 57.5 Å². The van der Waals surface area contributed by atoms with Gasteiger partial charge >= 0.3 is 5.97 Å². The van der Waals surface area contributed by atoms with Gasteiger partial charge in [0.25, 0.3) is 0 Å². The molecule has 2 N–H and O–H groups in total. The quantitative estimate of drug-likeness (QED) is 0.715. The molecule has 0 atom stereocenters. The maximum Gasteiger partial charge on any atom is 0.335 e. The van der Waals surface area contributed by atoms with Gasteiger partial charge in [-0.2, -0.15) is 0 Å². The molecular formula is C24H28O3. The average Bonchev–Trinajstić information content (AvgIpc) is 2.63. The molecule has 0 bridgehead atoms. The van der Waals surface area contributed by atoms with Crippen molar-refractivity contribution in [2.75, 3.05) is 0 Å². The second-order valence-electron chi connectivity index (χ2n) is 8.78. The number of aliphatic hydroxyl groups is 1. The second kappa shape index (κ2) is 6.97. The van der Waals surface area contributed by atoms with E-state index in [1.807, 2.05) is 12.2 Å². The molecule has 0 unspecified atom stereocenters. The lowest BCUT2D eigenvalue weighted by Gasteiger charge is -2.42. The van der Waals surface area contributed by atoms with Crippen molar-refractivity contribution in [2.45, 2.75) is 58.0 Å². The van der Waals surface area contributed by atoms with Crippen LogP contribution in [0.4, 0.5) is 0 Å². The number of carboxylic acid groups (broad SMARTS) is 1. The number of rotatable bonds is 4. The van der Waals surface area contributed by atoms with E-state index in [1.54, 1.807) is 24.3 Å². The lowest BCUT2D eigenvalue weighted by atomic mass is 9.62. The molecule has 0 saturated carbocycles. The van der Waals surface area contributed by atoms with E-state index in [9.17, 15) is 9.90 Å². The van der Waals surface area contributed by atoms with Gasteiger partial charge in [0.15, 0.2) is 0 Å². The average molecular weight is 364 g/mol. The summed E-state index contributed by atoms with van der Waals surface area (Å²) in [7, 11) is 0. The highest BCUT2D eigenvalue weighted by Crippen LogP contribution is 2.46. The smallest absolute Gasteiger partial charge is 0.335 e. The molecule has 0 amide bonds. The van der Waals surface area contributed by atoms with Crippen LogP contribution >= 0.6 is 0 Å². The molecule has 0 aliphatic heterocycles. The molecule has 1 aliphatic rings. The number of hydrogen-bond acceptors (Lipinski definition) is 2. The number of benzene rings is 2. The maximum absolute atomic E-state index is 11.0. The second-order valence-corrected chi connectivity index (χ2v) is 8.78. The van der Waals surface area contributed by atoms with Crippen LogP contribution in [0.5, 0.6) is 0 Å². The summed E-state index contributed by atoms with van der Waals surface area (Å²) in [4.78, 5) is 11.0. The Morgan fingerprint density at radius 3 is 2.04 bits per heavy atom. The summed E-state index contributed by atoms with van der Waals surface area (Å²) in [5, 5.41) is 18.9. The van der Waals surface area contributed by atoms with Gasteiger partial charge in [-0.25, -0.2) is 4.79 Å². The van der Waals surface area contributed by atoms with E-state index < -0.39 is 5.97 Å². The first-order valence-electron chi connectivity index (χ1n) is 9.44. The van der Waals surface area contributed by atoms with Gasteiger partial charge in [-0.1, -0.05) is 64.1 Å². The first kappa shape index (κ1) is 19.4. The highest BCUT2D eigenvalue weighted by Gasteiger charge is 2.37. The largest absolute Gasteiger partial charge is 0.478 e. The fourth-order valence-corrected chi connectivity index (χ4v) is 3.89. The molecular weight excluding hydrogens is 336 g/mol. The summed E-state index contributed by atoms with van der Waals surface area (Å²) in [6.45, 7) is 9.14. The Morgan fingerprint density at radius 2 is 1.52 bits per heavy atom. The van der Waals surface area contributed by atoms with Crippen molar-refractivity contribution < 1.29 is 15.0 Å². The van der Waals surface area contributed by atoms with Crippen LogP contribution in [0.25, 0.3) is 12.2 Å². The predicted octanol–water partition coefficient (Wildman–Crippen LogP) is 5.40. The highest BCUT2D eigenvalue weighted by atomic mass is 16.4. The zero-order chi connectivity index (χ0) is 19.8. The SMILES string of the molecule is CC1(C)CCC(C)(C)c2cc(CO)c(C=Cc3ccc(C(=O)O)cc3)cc21. The maximum atomic E-state index is 11.0. The normalized spacial score (nSPS) is 17.7. The molecule has 0 heterocycles. The third kappa shape index (κ3) is 3.84. The van der Waals surface area contributed by atoms with E-state index in [-0.39, 0.29) is 23.0 Å². The van der Waals surface area contributed by atoms with Crippen LogP contribution in [0.15, 0.2) is 36.4 Å². The first-order valence-corrected chi connectivity index (χ1v) is 9.44. The van der Waals surface area contributed by atoms with Crippen LogP contribution in [0.2, 0.25) is 0 Å². The number of hydrogen-bond donors (Lipinski definition) is 2. The van der Waals surface area contributed by atoms with Crippen LogP contribution in [0, 0.1) is 0 Å². The van der Waals surface area contributed by atoms with Gasteiger partial charge in [-0.05, 0) is 63.6 Å². The Balaban J connectivity index is 2.02. The molecule has 3 nitrogen and oxygen atoms in total. The Hall–Kier alpha value is -2.39. The van der Waals surface area contributed by atoms with Crippen molar-refractivity contribution in [2.24, 2.45) is 0 Å². The molecule has 0 spiro atoms. The molecule has 3 heteroatoms. The minimum atomic E-state index is -0.923. The molecule has 142 valence electrons. The fourth-order valence-electron chi connectivity index (χ4n) is 3.89. The van der Waals surface area contributed by atoms with E-state index >= 15 is 0 Å². The monoisotopic (exact) mass is 364 g/mol. The van der Waals surface area contributed by atoms with Gasteiger partial charge in [0.05, 0.1) is 12.2 Å². The lowest BCUT2D eigenvalue weighted by Crippen LogP contribution is -2.34. The van der Waals surface area contributed by atoms with Gasteiger partial charge in [0.2, 0.25) is 0 Å². The molecule has 0 saturated heterocycles. The van der Waals surface area contributed by atoms with Gasteiger partial charge in [-0.15, -0.1) is 0 Å². The van der Waals surface area contributed by atoms with Crippen molar-refractivity contribution in [3.05, 3.63) is 69.8 Å². The summed E-state index contributed by atoms with van der Waals surface area (Å²) in [6.07, 6.45) is 6.26. The Morgan fingerprint density at radius 1 is 0.963 bits per heavy atom. The standard InChI is InChI=1S/C24H28O3/c1-23(2)11-12-24(3,4)21-14-19(15-25)18(13-20(21)23)10-7-16-5-8-17(9-6-16)22(26)27/h5-10,13-14,25H,11-12,15H2,1-4H3,(H,26,27). The van der Waals surface area contributed by atoms with Crippen molar-refractivity contribution in [1.29, 1.82) is 0 Å². The minimum absolute atomic E-state index is 0.00140. The number of fused-ring (bicyclic) bond motifs is 1. The minimum Gasteiger partial charge on any atom is -0.478 e. The van der Waals surface area contributed by atoms with Gasteiger partial charge in [0.1, 0.15) is 0 Å². The highest BCUT2D eigenvalue weighted by molar-refractivity contribution is 5.88. The summed E-state index contributed by atoms with van der Waals surface area (Å²) >= 11 is 0. The van der Waals surface area contributed by atoms with E-state index in [0.717, 1.165) is 29.5 Å². The van der Waals surface area contributed by atoms with E-state index in [1.165, 1.54) is 11.1 Å². The van der Waals surface area contributed by atoms with E-state index in [2.05, 4.69) is 39.8 Å². The van der Waals surface area contributed by atoms with E-state index in [0.29, 0.717) is 0 Å². The van der Waals surface area contributed by atoms with Crippen LogP contribution in [-0.2, 0) is 17.4 Å². The zero-order valence-electron chi connectivity index (χ0n) is 16.5. The third-order valence-corrected chi connectivity index (χ3v) is 5.90. The molecule has 1 aliphatic carbocycles. The number of aromatic carboxylic acids is 1. The van der Waals surface area contributed by atoms with Crippen molar-refractivity contribution in [1.82, 2.24) is 0 Å². The molecule has 0 fully saturated rings. The van der Waals surface area contributed by atoms with Crippen LogP contribution < -0.4 is 0 Å². The summed E-state index contributed by atoms with van der Waals surface area (Å²) in [6, 6.07) is 11.2. The molecule has 2 aromatic carbocycles. The lowest BCUT2D eigenvalue weighted by molar-refractivity contribution is 0.0697. The molecule has 0 radical (unpaired) electrons. The number of aliphatic hydroxyl groups excluding tert-OH is 1. The van der Waals surface area contributed by atoms with Crippen LogP contribution in [-0.4, -0.2) is 16.2 Å². The Labute approximate surface area is 161 Å². The molecule has 2 aromatic rings. The van der Waals surface area contributed by atoms with Crippen molar-refractivity contribution in [3.8, 4) is 0 Å². The number of carbonyl (C=O) groups is 1. The van der Waals surface area contributed by atoms with Crippen molar-refractivity contribution in [3.63, 3.8) is 0 Å². The predicted molar refractivity (Wildman–Crippen MR) is 110 cm³/mol. The Kier molecular flexibility index (Phi) is 5.00. The van der Waals surface area contributed by atoms with Gasteiger partial charge in [-0.3, -0.25) is 0 Å². The van der Waals surface area contributed by atoms with Gasteiger partial charge < -0.3 is 10.2 Å². The van der Waals surface area contributed by atoms with E-state index in [4.69, 9.17) is 5.11 Å². The molecule has 27 heavy (non-hydrogen) atoms. The van der Waals surface area contributed by atoms with Crippen LogP contribution in [0.3, 0.4) is 0 Å². The van der Waals surface area contributed by atoms with Gasteiger partial charge in [0, 0.05) is 0 Å². The Bertz CT molecular complexity index is 887. The molecule has 3 rings (SSSR count).